The van der Waals surface area contributed by atoms with Gasteiger partial charge in [0, 0.05) is 17.0 Å². The number of ketones is 2. The zero-order chi connectivity index (χ0) is 15.9. The highest BCUT2D eigenvalue weighted by molar-refractivity contribution is 6.08. The van der Waals surface area contributed by atoms with Gasteiger partial charge in [-0.3, -0.25) is 9.59 Å². The third-order valence-electron chi connectivity index (χ3n) is 3.70. The summed E-state index contributed by atoms with van der Waals surface area (Å²) in [5.74, 6) is 0.676. The lowest BCUT2D eigenvalue weighted by Crippen LogP contribution is -2.18. The van der Waals surface area contributed by atoms with Crippen molar-refractivity contribution in [1.29, 1.82) is 0 Å². The van der Waals surface area contributed by atoms with Gasteiger partial charge in [-0.25, -0.2) is 0 Å². The third-order valence-corrected chi connectivity index (χ3v) is 3.70. The summed E-state index contributed by atoms with van der Waals surface area (Å²) in [6, 6.07) is 16.0. The summed E-state index contributed by atoms with van der Waals surface area (Å²) in [6.07, 6.45) is 0.812. The minimum Gasteiger partial charge on any atom is -0.486 e. The lowest BCUT2D eigenvalue weighted by Gasteiger charge is -2.09. The van der Waals surface area contributed by atoms with Gasteiger partial charge in [0.05, 0.1) is 0 Å². The van der Waals surface area contributed by atoms with E-state index in [1.807, 2.05) is 32.0 Å². The second kappa shape index (κ2) is 7.55. The summed E-state index contributed by atoms with van der Waals surface area (Å²) in [4.78, 5) is 24.0. The molecule has 0 radical (unpaired) electrons. The van der Waals surface area contributed by atoms with Gasteiger partial charge in [-0.05, 0) is 30.7 Å². The van der Waals surface area contributed by atoms with E-state index < -0.39 is 0 Å². The molecule has 0 spiro atoms. The van der Waals surface area contributed by atoms with Gasteiger partial charge in [0.15, 0.2) is 11.6 Å². The number of carbonyl (C=O) groups is 2. The molecule has 2 aromatic rings. The van der Waals surface area contributed by atoms with Crippen molar-refractivity contribution in [3.05, 3.63) is 65.7 Å². The Morgan fingerprint density at radius 3 is 2.14 bits per heavy atom. The maximum atomic E-state index is 12.3. The van der Waals surface area contributed by atoms with Crippen molar-refractivity contribution in [3.63, 3.8) is 0 Å². The van der Waals surface area contributed by atoms with Crippen LogP contribution >= 0.6 is 0 Å². The predicted octanol–water partition coefficient (Wildman–Crippen LogP) is 3.91. The Bertz CT molecular complexity index is 629. The molecule has 0 aromatic heterocycles. The highest BCUT2D eigenvalue weighted by atomic mass is 16.5. The SMILES string of the molecule is CCC(C)C(=O)COc1ccc(C(=O)c2ccccc2)cc1. The fourth-order valence-electron chi connectivity index (χ4n) is 1.98. The smallest absolute Gasteiger partial charge is 0.193 e. The monoisotopic (exact) mass is 296 g/mol. The van der Waals surface area contributed by atoms with E-state index in [2.05, 4.69) is 0 Å². The maximum Gasteiger partial charge on any atom is 0.193 e. The fourth-order valence-corrected chi connectivity index (χ4v) is 1.98. The van der Waals surface area contributed by atoms with Crippen LogP contribution in [0.4, 0.5) is 0 Å². The summed E-state index contributed by atoms with van der Waals surface area (Å²) in [7, 11) is 0. The number of benzene rings is 2. The molecular formula is C19H20O3. The molecule has 1 atom stereocenters. The molecule has 22 heavy (non-hydrogen) atoms. The Kier molecular flexibility index (Phi) is 5.48. The van der Waals surface area contributed by atoms with E-state index in [4.69, 9.17) is 4.74 Å². The molecule has 0 heterocycles. The van der Waals surface area contributed by atoms with Crippen LogP contribution in [0.1, 0.15) is 36.2 Å². The highest BCUT2D eigenvalue weighted by Crippen LogP contribution is 2.16. The molecule has 3 nitrogen and oxygen atoms in total. The standard InChI is InChI=1S/C19H20O3/c1-3-14(2)18(20)13-22-17-11-9-16(10-12-17)19(21)15-7-5-4-6-8-15/h4-12,14H,3,13H2,1-2H3. The largest absolute Gasteiger partial charge is 0.486 e. The van der Waals surface area contributed by atoms with Crippen molar-refractivity contribution in [3.8, 4) is 5.75 Å². The summed E-state index contributed by atoms with van der Waals surface area (Å²) in [5.41, 5.74) is 1.26. The van der Waals surface area contributed by atoms with Crippen LogP contribution in [0.2, 0.25) is 0 Å². The number of rotatable bonds is 7. The second-order valence-electron chi connectivity index (χ2n) is 5.28. The number of carbonyl (C=O) groups excluding carboxylic acids is 2. The first-order valence-corrected chi connectivity index (χ1v) is 7.47. The number of hydrogen-bond acceptors (Lipinski definition) is 3. The predicted molar refractivity (Wildman–Crippen MR) is 86.3 cm³/mol. The molecule has 0 saturated carbocycles. The van der Waals surface area contributed by atoms with Crippen molar-refractivity contribution in [1.82, 2.24) is 0 Å². The molecule has 1 unspecified atom stereocenters. The summed E-state index contributed by atoms with van der Waals surface area (Å²) in [6.45, 7) is 3.95. The molecule has 2 rings (SSSR count). The molecule has 0 fully saturated rings. The molecule has 0 aliphatic heterocycles. The molecule has 0 N–H and O–H groups in total. The second-order valence-corrected chi connectivity index (χ2v) is 5.28. The van der Waals surface area contributed by atoms with Gasteiger partial charge in [-0.2, -0.15) is 0 Å². The molecule has 0 aliphatic carbocycles. The van der Waals surface area contributed by atoms with Crippen LogP contribution in [-0.4, -0.2) is 18.2 Å². The van der Waals surface area contributed by atoms with Gasteiger partial charge >= 0.3 is 0 Å². The average Bonchev–Trinajstić information content (AvgIpc) is 2.59. The minimum absolute atomic E-state index is 0.0129. The van der Waals surface area contributed by atoms with Crippen LogP contribution in [0.5, 0.6) is 5.75 Å². The average molecular weight is 296 g/mol. The van der Waals surface area contributed by atoms with Gasteiger partial charge in [-0.15, -0.1) is 0 Å². The summed E-state index contributed by atoms with van der Waals surface area (Å²) < 4.78 is 5.47. The van der Waals surface area contributed by atoms with Crippen molar-refractivity contribution in [2.75, 3.05) is 6.61 Å². The highest BCUT2D eigenvalue weighted by Gasteiger charge is 2.12. The third kappa shape index (κ3) is 4.04. The van der Waals surface area contributed by atoms with Gasteiger partial charge in [0.25, 0.3) is 0 Å². The fraction of sp³-hybridized carbons (Fsp3) is 0.263. The number of hydrogen-bond donors (Lipinski definition) is 0. The normalized spacial score (nSPS) is 11.7. The van der Waals surface area contributed by atoms with Crippen molar-refractivity contribution >= 4 is 11.6 Å². The van der Waals surface area contributed by atoms with Crippen molar-refractivity contribution in [2.24, 2.45) is 5.92 Å². The molecule has 0 bridgehead atoms. The molecular weight excluding hydrogens is 276 g/mol. The lowest BCUT2D eigenvalue weighted by molar-refractivity contribution is -0.124. The van der Waals surface area contributed by atoms with E-state index in [1.54, 1.807) is 36.4 Å². The van der Waals surface area contributed by atoms with Crippen molar-refractivity contribution in [2.45, 2.75) is 20.3 Å². The lowest BCUT2D eigenvalue weighted by atomic mass is 10.0. The number of ether oxygens (including phenoxy) is 1. The summed E-state index contributed by atoms with van der Waals surface area (Å²) in [5, 5.41) is 0. The molecule has 0 amide bonds. The molecule has 3 heteroatoms. The van der Waals surface area contributed by atoms with Crippen LogP contribution < -0.4 is 4.74 Å². The Labute approximate surface area is 130 Å². The van der Waals surface area contributed by atoms with E-state index in [-0.39, 0.29) is 24.1 Å². The van der Waals surface area contributed by atoms with Crippen LogP contribution in [0, 0.1) is 5.92 Å². The first kappa shape index (κ1) is 16.0. The van der Waals surface area contributed by atoms with Gasteiger partial charge < -0.3 is 4.74 Å². The van der Waals surface area contributed by atoms with Crippen molar-refractivity contribution < 1.29 is 14.3 Å². The van der Waals surface area contributed by atoms with E-state index in [0.717, 1.165) is 6.42 Å². The molecule has 0 aliphatic rings. The summed E-state index contributed by atoms with van der Waals surface area (Å²) >= 11 is 0. The van der Waals surface area contributed by atoms with E-state index in [1.165, 1.54) is 0 Å². The van der Waals surface area contributed by atoms with E-state index in [9.17, 15) is 9.59 Å². The Morgan fingerprint density at radius 1 is 0.955 bits per heavy atom. The maximum absolute atomic E-state index is 12.3. The first-order chi connectivity index (χ1) is 10.6. The Morgan fingerprint density at radius 2 is 1.55 bits per heavy atom. The Hall–Kier alpha value is -2.42. The zero-order valence-electron chi connectivity index (χ0n) is 12.9. The van der Waals surface area contributed by atoms with Crippen LogP contribution in [0.15, 0.2) is 54.6 Å². The van der Waals surface area contributed by atoms with Gasteiger partial charge in [0.2, 0.25) is 0 Å². The molecule has 114 valence electrons. The van der Waals surface area contributed by atoms with E-state index >= 15 is 0 Å². The van der Waals surface area contributed by atoms with Gasteiger partial charge in [-0.1, -0.05) is 44.2 Å². The van der Waals surface area contributed by atoms with Crippen LogP contribution in [0.25, 0.3) is 0 Å². The zero-order valence-corrected chi connectivity index (χ0v) is 12.9. The van der Waals surface area contributed by atoms with Crippen LogP contribution in [-0.2, 0) is 4.79 Å². The minimum atomic E-state index is -0.0252. The molecule has 2 aromatic carbocycles. The quantitative estimate of drug-likeness (QED) is 0.727. The Balaban J connectivity index is 1.99. The van der Waals surface area contributed by atoms with Crippen LogP contribution in [0.3, 0.4) is 0 Å². The number of Topliss-reactive ketones (excluding diaryl/α,β-unsaturated/α-hetero) is 1. The topological polar surface area (TPSA) is 43.4 Å². The van der Waals surface area contributed by atoms with Gasteiger partial charge in [0.1, 0.15) is 12.4 Å². The molecule has 0 saturated heterocycles. The van der Waals surface area contributed by atoms with E-state index in [0.29, 0.717) is 16.9 Å². The first-order valence-electron chi connectivity index (χ1n) is 7.47.